The molecule has 3 aromatic rings. The van der Waals surface area contributed by atoms with Gasteiger partial charge in [-0.2, -0.15) is 5.10 Å². The predicted octanol–water partition coefficient (Wildman–Crippen LogP) is 4.19. The highest BCUT2D eigenvalue weighted by Crippen LogP contribution is 2.31. The van der Waals surface area contributed by atoms with Gasteiger partial charge in [-0.05, 0) is 29.8 Å². The second kappa shape index (κ2) is 11.8. The summed E-state index contributed by atoms with van der Waals surface area (Å²) in [6.07, 6.45) is 0. The molecule has 4 rings (SSSR count). The van der Waals surface area contributed by atoms with Crippen molar-refractivity contribution in [3.63, 3.8) is 0 Å². The van der Waals surface area contributed by atoms with Crippen molar-refractivity contribution < 1.29 is 23.0 Å². The van der Waals surface area contributed by atoms with Crippen LogP contribution >= 0.6 is 11.6 Å². The number of ether oxygens (including phenoxy) is 2. The Morgan fingerprint density at radius 2 is 1.89 bits per heavy atom. The first-order valence-electron chi connectivity index (χ1n) is 11.5. The lowest BCUT2D eigenvalue weighted by Gasteiger charge is -2.21. The van der Waals surface area contributed by atoms with E-state index in [2.05, 4.69) is 20.6 Å². The molecule has 8 nitrogen and oxygen atoms in total. The Morgan fingerprint density at radius 3 is 2.58 bits per heavy atom. The van der Waals surface area contributed by atoms with E-state index in [4.69, 9.17) is 21.1 Å². The van der Waals surface area contributed by atoms with Crippen LogP contribution in [-0.4, -0.2) is 67.2 Å². The third-order valence-corrected chi connectivity index (χ3v) is 6.50. The van der Waals surface area contributed by atoms with Crippen LogP contribution in [0.15, 0.2) is 48.5 Å². The van der Waals surface area contributed by atoms with Crippen molar-refractivity contribution in [2.45, 2.75) is 18.6 Å². The van der Waals surface area contributed by atoms with E-state index in [1.165, 1.54) is 13.2 Å². The molecule has 1 fully saturated rings. The van der Waals surface area contributed by atoms with Gasteiger partial charge in [-0.25, -0.2) is 18.3 Å². The van der Waals surface area contributed by atoms with E-state index in [1.54, 1.807) is 17.9 Å². The fourth-order valence-electron chi connectivity index (χ4n) is 4.36. The van der Waals surface area contributed by atoms with Crippen LogP contribution in [-0.2, 0) is 16.1 Å². The highest BCUT2D eigenvalue weighted by Gasteiger charge is 2.35. The third-order valence-electron chi connectivity index (χ3n) is 6.10. The number of carbonyl (C=O) groups excluding carboxylic acids is 1. The van der Waals surface area contributed by atoms with Crippen LogP contribution in [0, 0.1) is 11.6 Å². The summed E-state index contributed by atoms with van der Waals surface area (Å²) in [7, 11) is 3.15. The Morgan fingerprint density at radius 1 is 1.11 bits per heavy atom. The minimum Gasteiger partial charge on any atom is -0.383 e. The largest absolute Gasteiger partial charge is 0.383 e. The van der Waals surface area contributed by atoms with Crippen molar-refractivity contribution in [1.29, 1.82) is 0 Å². The molecule has 0 aliphatic carbocycles. The Hall–Kier alpha value is -3.05. The van der Waals surface area contributed by atoms with Gasteiger partial charge in [-0.1, -0.05) is 35.9 Å². The van der Waals surface area contributed by atoms with E-state index < -0.39 is 17.7 Å². The molecule has 2 heterocycles. The number of rotatable bonds is 9. The van der Waals surface area contributed by atoms with Crippen molar-refractivity contribution in [1.82, 2.24) is 20.0 Å². The summed E-state index contributed by atoms with van der Waals surface area (Å²) in [5.41, 5.74) is 1.79. The molecule has 2 unspecified atom stereocenters. The highest BCUT2D eigenvalue weighted by atomic mass is 35.5. The number of carbonyl (C=O) groups is 1. The number of aromatic nitrogens is 2. The van der Waals surface area contributed by atoms with Crippen LogP contribution in [0.3, 0.4) is 0 Å². The van der Waals surface area contributed by atoms with Crippen LogP contribution in [0.25, 0.3) is 5.69 Å². The molecule has 0 saturated carbocycles. The molecule has 192 valence electrons. The Balaban J connectivity index is 1.56. The summed E-state index contributed by atoms with van der Waals surface area (Å²) in [5.74, 6) is -1.78. The Labute approximate surface area is 213 Å². The topological polar surface area (TPSA) is 80.7 Å². The van der Waals surface area contributed by atoms with Gasteiger partial charge in [0.1, 0.15) is 10.7 Å². The van der Waals surface area contributed by atoms with E-state index >= 15 is 0 Å². The number of anilines is 1. The monoisotopic (exact) mass is 519 g/mol. The number of nitrogens with zero attached hydrogens (tertiary/aromatic N) is 3. The number of urea groups is 1. The Kier molecular flexibility index (Phi) is 8.52. The molecule has 1 aliphatic heterocycles. The van der Waals surface area contributed by atoms with Crippen LogP contribution in [0.5, 0.6) is 0 Å². The quantitative estimate of drug-likeness (QED) is 0.443. The van der Waals surface area contributed by atoms with Gasteiger partial charge in [0, 0.05) is 39.8 Å². The fraction of sp³-hybridized carbons (Fsp3) is 0.360. The first kappa shape index (κ1) is 26.0. The van der Waals surface area contributed by atoms with Crippen LogP contribution in [0.1, 0.15) is 17.2 Å². The number of methoxy groups -OCH3 is 2. The number of halogens is 3. The molecule has 0 spiro atoms. The van der Waals surface area contributed by atoms with Gasteiger partial charge in [0.2, 0.25) is 0 Å². The van der Waals surface area contributed by atoms with Crippen molar-refractivity contribution >= 4 is 23.4 Å². The summed E-state index contributed by atoms with van der Waals surface area (Å²) in [6.45, 7) is 2.40. The maximum Gasteiger partial charge on any atom is 0.320 e. The molecule has 2 amide bonds. The van der Waals surface area contributed by atoms with Crippen molar-refractivity contribution in [2.24, 2.45) is 0 Å². The summed E-state index contributed by atoms with van der Waals surface area (Å²) in [6, 6.07) is 12.2. The zero-order valence-electron chi connectivity index (χ0n) is 20.0. The molecule has 1 saturated heterocycles. The number of hydrogen-bond acceptors (Lipinski definition) is 5. The number of para-hydroxylation sites is 1. The lowest BCUT2D eigenvalue weighted by Crippen LogP contribution is -2.42. The van der Waals surface area contributed by atoms with Gasteiger partial charge in [-0.3, -0.25) is 10.2 Å². The highest BCUT2D eigenvalue weighted by molar-refractivity contribution is 6.34. The van der Waals surface area contributed by atoms with E-state index in [0.29, 0.717) is 49.0 Å². The molecule has 1 aliphatic rings. The first-order valence-corrected chi connectivity index (χ1v) is 11.8. The minimum atomic E-state index is -0.921. The molecule has 2 N–H and O–H groups in total. The summed E-state index contributed by atoms with van der Waals surface area (Å²) < 4.78 is 39.4. The van der Waals surface area contributed by atoms with E-state index in [9.17, 15) is 13.6 Å². The minimum absolute atomic E-state index is 0.171. The number of benzene rings is 2. The zero-order valence-corrected chi connectivity index (χ0v) is 20.8. The maximum atomic E-state index is 14.0. The molecule has 36 heavy (non-hydrogen) atoms. The van der Waals surface area contributed by atoms with E-state index in [0.717, 1.165) is 6.07 Å². The molecule has 2 atom stereocenters. The molecular formula is C25H28ClF2N5O3. The molecule has 0 bridgehead atoms. The average Bonchev–Trinajstić information content (AvgIpc) is 3.41. The van der Waals surface area contributed by atoms with Crippen LogP contribution in [0.4, 0.5) is 19.4 Å². The zero-order chi connectivity index (χ0) is 25.7. The molecule has 2 aromatic carbocycles. The number of amides is 2. The van der Waals surface area contributed by atoms with Crippen molar-refractivity contribution in [2.75, 3.05) is 45.8 Å². The second-order valence-corrected chi connectivity index (χ2v) is 8.90. The van der Waals surface area contributed by atoms with Gasteiger partial charge < -0.3 is 14.8 Å². The van der Waals surface area contributed by atoms with Gasteiger partial charge in [0.05, 0.1) is 24.9 Å². The van der Waals surface area contributed by atoms with Crippen LogP contribution in [0.2, 0.25) is 5.02 Å². The van der Waals surface area contributed by atoms with Crippen molar-refractivity contribution in [3.05, 3.63) is 76.4 Å². The van der Waals surface area contributed by atoms with Gasteiger partial charge in [0.25, 0.3) is 0 Å². The molecule has 11 heteroatoms. The number of likely N-dealkylation sites (tertiary alicyclic amines) is 1. The SMILES string of the molecule is COCCN1CC(NC(=O)Nc2c(Cl)c(COC)nn2-c2ccccc2)C(c2ccc(F)c(F)c2)C1. The van der Waals surface area contributed by atoms with Gasteiger partial charge in [-0.15, -0.1) is 0 Å². The molecule has 0 radical (unpaired) electrons. The lowest BCUT2D eigenvalue weighted by molar-refractivity contribution is 0.159. The normalized spacial score (nSPS) is 17.9. The number of nitrogens with one attached hydrogen (secondary N) is 2. The fourth-order valence-corrected chi connectivity index (χ4v) is 4.58. The Bertz CT molecular complexity index is 1190. The molecule has 1 aromatic heterocycles. The summed E-state index contributed by atoms with van der Waals surface area (Å²) >= 11 is 6.55. The smallest absolute Gasteiger partial charge is 0.320 e. The first-order chi connectivity index (χ1) is 17.4. The van der Waals surface area contributed by atoms with Crippen LogP contribution < -0.4 is 10.6 Å². The third kappa shape index (κ3) is 5.84. The maximum absolute atomic E-state index is 14.0. The van der Waals surface area contributed by atoms with E-state index in [-0.39, 0.29) is 23.6 Å². The second-order valence-electron chi connectivity index (χ2n) is 8.53. The summed E-state index contributed by atoms with van der Waals surface area (Å²) in [5, 5.41) is 10.6. The average molecular weight is 520 g/mol. The van der Waals surface area contributed by atoms with Gasteiger partial charge >= 0.3 is 6.03 Å². The van der Waals surface area contributed by atoms with E-state index in [1.807, 2.05) is 30.3 Å². The standard InChI is InChI=1S/C25H28ClF2N5O3/c1-35-11-10-32-13-18(16-8-9-19(27)20(28)12-16)21(14-32)29-25(34)30-24-23(26)22(15-36-2)31-33(24)17-6-4-3-5-7-17/h3-9,12,18,21H,10-11,13-15H2,1-2H3,(H2,29,30,34). The lowest BCUT2D eigenvalue weighted by atomic mass is 9.94. The molecular weight excluding hydrogens is 492 g/mol. The number of hydrogen-bond donors (Lipinski definition) is 2. The summed E-state index contributed by atoms with van der Waals surface area (Å²) in [4.78, 5) is 15.3. The predicted molar refractivity (Wildman–Crippen MR) is 133 cm³/mol. The van der Waals surface area contributed by atoms with Crippen molar-refractivity contribution in [3.8, 4) is 5.69 Å². The van der Waals surface area contributed by atoms with Gasteiger partial charge in [0.15, 0.2) is 17.5 Å².